The van der Waals surface area contributed by atoms with Crippen LogP contribution < -0.4 is 4.74 Å². The van der Waals surface area contributed by atoms with Crippen molar-refractivity contribution >= 4 is 22.1 Å². The SMILES string of the molecule is O=C(O)Oc1c(F)cc(-c2ccccc2F)c(Br)c1F. The lowest BCUT2D eigenvalue weighted by molar-refractivity contribution is 0.140. The van der Waals surface area contributed by atoms with Crippen LogP contribution >= 0.6 is 15.9 Å². The van der Waals surface area contributed by atoms with Crippen LogP contribution in [0.25, 0.3) is 11.1 Å². The summed E-state index contributed by atoms with van der Waals surface area (Å²) in [5, 5.41) is 8.41. The van der Waals surface area contributed by atoms with Gasteiger partial charge in [-0.3, -0.25) is 0 Å². The van der Waals surface area contributed by atoms with Crippen LogP contribution in [0.15, 0.2) is 34.8 Å². The highest BCUT2D eigenvalue weighted by Crippen LogP contribution is 2.38. The molecule has 2 rings (SSSR count). The number of hydrogen-bond donors (Lipinski definition) is 1. The van der Waals surface area contributed by atoms with Gasteiger partial charge in [-0.25, -0.2) is 18.0 Å². The fourth-order valence-corrected chi connectivity index (χ4v) is 2.14. The van der Waals surface area contributed by atoms with Gasteiger partial charge in [-0.05, 0) is 28.1 Å². The first kappa shape index (κ1) is 14.4. The van der Waals surface area contributed by atoms with Crippen LogP contribution in [0.1, 0.15) is 0 Å². The number of hydrogen-bond acceptors (Lipinski definition) is 2. The third-order valence-electron chi connectivity index (χ3n) is 2.47. The second-order valence-corrected chi connectivity index (χ2v) is 4.50. The first-order valence-corrected chi connectivity index (χ1v) is 6.04. The van der Waals surface area contributed by atoms with Crippen LogP contribution in [0.3, 0.4) is 0 Å². The molecule has 2 aromatic carbocycles. The molecule has 2 aromatic rings. The van der Waals surface area contributed by atoms with Crippen LogP contribution in [0.2, 0.25) is 0 Å². The fraction of sp³-hybridized carbons (Fsp3) is 0. The molecule has 0 amide bonds. The standard InChI is InChI=1S/C13H6BrF3O3/c14-10-7(6-3-1-2-4-8(6)15)5-9(16)12(11(10)17)20-13(18)19/h1-5H,(H,18,19). The van der Waals surface area contributed by atoms with Gasteiger partial charge in [0.1, 0.15) is 5.82 Å². The summed E-state index contributed by atoms with van der Waals surface area (Å²) < 4.78 is 45.0. The topological polar surface area (TPSA) is 46.5 Å². The first-order chi connectivity index (χ1) is 9.41. The van der Waals surface area contributed by atoms with Crippen molar-refractivity contribution in [3.8, 4) is 16.9 Å². The third kappa shape index (κ3) is 2.62. The third-order valence-corrected chi connectivity index (χ3v) is 3.25. The summed E-state index contributed by atoms with van der Waals surface area (Å²) in [5.41, 5.74) is -0.116. The number of ether oxygens (including phenoxy) is 1. The van der Waals surface area contributed by atoms with Gasteiger partial charge in [0.2, 0.25) is 5.75 Å². The predicted molar refractivity (Wildman–Crippen MR) is 68.1 cm³/mol. The van der Waals surface area contributed by atoms with E-state index in [1.165, 1.54) is 18.2 Å². The van der Waals surface area contributed by atoms with E-state index in [0.29, 0.717) is 0 Å². The normalized spacial score (nSPS) is 10.4. The predicted octanol–water partition coefficient (Wildman–Crippen LogP) is 4.59. The fourth-order valence-electron chi connectivity index (χ4n) is 1.63. The van der Waals surface area contributed by atoms with E-state index in [1.807, 2.05) is 0 Å². The Labute approximate surface area is 119 Å². The van der Waals surface area contributed by atoms with E-state index in [-0.39, 0.29) is 15.6 Å². The molecule has 0 radical (unpaired) electrons. The van der Waals surface area contributed by atoms with E-state index in [1.54, 1.807) is 0 Å². The van der Waals surface area contributed by atoms with E-state index >= 15 is 0 Å². The van der Waals surface area contributed by atoms with Gasteiger partial charge in [0.15, 0.2) is 11.6 Å². The Kier molecular flexibility index (Phi) is 3.99. The maximum absolute atomic E-state index is 13.9. The van der Waals surface area contributed by atoms with Crippen molar-refractivity contribution in [2.75, 3.05) is 0 Å². The molecule has 3 nitrogen and oxygen atoms in total. The molecule has 0 fully saturated rings. The van der Waals surface area contributed by atoms with Gasteiger partial charge in [0.05, 0.1) is 4.47 Å². The Morgan fingerprint density at radius 1 is 1.10 bits per heavy atom. The maximum atomic E-state index is 13.9. The summed E-state index contributed by atoms with van der Waals surface area (Å²) >= 11 is 2.84. The number of halogens is 4. The Morgan fingerprint density at radius 2 is 1.75 bits per heavy atom. The first-order valence-electron chi connectivity index (χ1n) is 5.25. The number of benzene rings is 2. The lowest BCUT2D eigenvalue weighted by Gasteiger charge is -2.11. The Balaban J connectivity index is 2.64. The summed E-state index contributed by atoms with van der Waals surface area (Å²) in [5.74, 6) is -4.24. The maximum Gasteiger partial charge on any atom is 0.511 e. The molecule has 104 valence electrons. The number of carboxylic acid groups (broad SMARTS) is 1. The molecule has 0 saturated carbocycles. The second kappa shape index (κ2) is 5.54. The molecule has 7 heteroatoms. The lowest BCUT2D eigenvalue weighted by Crippen LogP contribution is -2.07. The Morgan fingerprint density at radius 3 is 2.35 bits per heavy atom. The Bertz CT molecular complexity index is 689. The highest BCUT2D eigenvalue weighted by atomic mass is 79.9. The molecular weight excluding hydrogens is 341 g/mol. The van der Waals surface area contributed by atoms with Crippen LogP contribution in [0, 0.1) is 17.5 Å². The number of rotatable bonds is 2. The molecule has 0 aliphatic heterocycles. The van der Waals surface area contributed by atoms with Gasteiger partial charge >= 0.3 is 6.16 Å². The summed E-state index contributed by atoms with van der Waals surface area (Å²) in [6.07, 6.45) is -1.85. The summed E-state index contributed by atoms with van der Waals surface area (Å²) in [4.78, 5) is 10.4. The average Bonchev–Trinajstić information content (AvgIpc) is 2.39. The van der Waals surface area contributed by atoms with E-state index in [9.17, 15) is 18.0 Å². The molecule has 0 aliphatic carbocycles. The Hall–Kier alpha value is -2.02. The minimum atomic E-state index is -1.85. The van der Waals surface area contributed by atoms with Crippen molar-refractivity contribution in [3.05, 3.63) is 52.3 Å². The van der Waals surface area contributed by atoms with Gasteiger partial charge < -0.3 is 9.84 Å². The highest BCUT2D eigenvalue weighted by Gasteiger charge is 2.22. The van der Waals surface area contributed by atoms with Crippen molar-refractivity contribution in [2.45, 2.75) is 0 Å². The quantitative estimate of drug-likeness (QED) is 0.491. The van der Waals surface area contributed by atoms with Crippen molar-refractivity contribution in [2.24, 2.45) is 0 Å². The van der Waals surface area contributed by atoms with Gasteiger partial charge in [-0.15, -0.1) is 0 Å². The van der Waals surface area contributed by atoms with E-state index in [0.717, 1.165) is 12.1 Å². The van der Waals surface area contributed by atoms with E-state index < -0.39 is 29.4 Å². The molecule has 0 heterocycles. The second-order valence-electron chi connectivity index (χ2n) is 3.71. The number of carbonyl (C=O) groups is 1. The molecule has 0 unspecified atom stereocenters. The van der Waals surface area contributed by atoms with Crippen LogP contribution in [0.4, 0.5) is 18.0 Å². The van der Waals surface area contributed by atoms with Gasteiger partial charge in [-0.1, -0.05) is 18.2 Å². The minimum Gasteiger partial charge on any atom is -0.449 e. The lowest BCUT2D eigenvalue weighted by atomic mass is 10.0. The highest BCUT2D eigenvalue weighted by molar-refractivity contribution is 9.10. The van der Waals surface area contributed by atoms with E-state index in [4.69, 9.17) is 5.11 Å². The molecule has 0 spiro atoms. The van der Waals surface area contributed by atoms with E-state index in [2.05, 4.69) is 20.7 Å². The molecular formula is C13H6BrF3O3. The van der Waals surface area contributed by atoms with Crippen molar-refractivity contribution < 1.29 is 27.8 Å². The molecule has 1 N–H and O–H groups in total. The monoisotopic (exact) mass is 346 g/mol. The van der Waals surface area contributed by atoms with Crippen molar-refractivity contribution in [1.82, 2.24) is 0 Å². The summed E-state index contributed by atoms with van der Waals surface area (Å²) in [7, 11) is 0. The average molecular weight is 347 g/mol. The van der Waals surface area contributed by atoms with Crippen LogP contribution in [-0.2, 0) is 0 Å². The zero-order valence-corrected chi connectivity index (χ0v) is 11.2. The summed E-state index contributed by atoms with van der Waals surface area (Å²) in [6.45, 7) is 0. The molecule has 0 aliphatic rings. The zero-order chi connectivity index (χ0) is 14.9. The van der Waals surface area contributed by atoms with Crippen molar-refractivity contribution in [1.29, 1.82) is 0 Å². The smallest absolute Gasteiger partial charge is 0.449 e. The minimum absolute atomic E-state index is 0.0287. The van der Waals surface area contributed by atoms with Gasteiger partial charge in [0, 0.05) is 11.1 Å². The largest absolute Gasteiger partial charge is 0.511 e. The zero-order valence-electron chi connectivity index (χ0n) is 9.66. The summed E-state index contributed by atoms with van der Waals surface area (Å²) in [6, 6.07) is 6.21. The van der Waals surface area contributed by atoms with Crippen LogP contribution in [0.5, 0.6) is 5.75 Å². The van der Waals surface area contributed by atoms with Gasteiger partial charge in [0.25, 0.3) is 0 Å². The van der Waals surface area contributed by atoms with Crippen molar-refractivity contribution in [3.63, 3.8) is 0 Å². The molecule has 0 atom stereocenters. The van der Waals surface area contributed by atoms with Crippen LogP contribution in [-0.4, -0.2) is 11.3 Å². The molecule has 0 bridgehead atoms. The van der Waals surface area contributed by atoms with Gasteiger partial charge in [-0.2, -0.15) is 0 Å². The molecule has 0 aromatic heterocycles. The molecule has 20 heavy (non-hydrogen) atoms. The molecule has 0 saturated heterocycles.